The zero-order valence-corrected chi connectivity index (χ0v) is 11.0. The van der Waals surface area contributed by atoms with Crippen molar-refractivity contribution in [3.05, 3.63) is 35.4 Å². The maximum absolute atomic E-state index is 12.4. The van der Waals surface area contributed by atoms with Gasteiger partial charge in [-0.3, -0.25) is 4.79 Å². The van der Waals surface area contributed by atoms with E-state index in [2.05, 4.69) is 12.1 Å². The molecule has 0 saturated heterocycles. The molecule has 0 radical (unpaired) electrons. The Morgan fingerprint density at radius 3 is 2.22 bits per heavy atom. The number of Topliss-reactive ketones (excluding diaryl/α,β-unsaturated/α-hetero) is 1. The van der Waals surface area contributed by atoms with Crippen molar-refractivity contribution >= 4 is 5.78 Å². The fourth-order valence-electron chi connectivity index (χ4n) is 2.83. The van der Waals surface area contributed by atoms with Crippen molar-refractivity contribution in [1.29, 1.82) is 0 Å². The SMILES string of the molecule is CC(N)(C(=O)c1ccc(C2CCC2)cc1)C1CC1. The molecule has 1 unspecified atom stereocenters. The van der Waals surface area contributed by atoms with Crippen LogP contribution in [0.1, 0.15) is 60.9 Å². The predicted octanol–water partition coefficient (Wildman–Crippen LogP) is 3.26. The highest BCUT2D eigenvalue weighted by Crippen LogP contribution is 2.40. The number of carbonyl (C=O) groups is 1. The van der Waals surface area contributed by atoms with Crippen molar-refractivity contribution in [1.82, 2.24) is 0 Å². The van der Waals surface area contributed by atoms with E-state index >= 15 is 0 Å². The number of rotatable bonds is 4. The summed E-state index contributed by atoms with van der Waals surface area (Å²) in [5, 5.41) is 0. The summed E-state index contributed by atoms with van der Waals surface area (Å²) in [6.07, 6.45) is 6.12. The molecule has 1 aromatic carbocycles. The Morgan fingerprint density at radius 1 is 1.17 bits per heavy atom. The second kappa shape index (κ2) is 4.20. The Balaban J connectivity index is 1.77. The fourth-order valence-corrected chi connectivity index (χ4v) is 2.83. The van der Waals surface area contributed by atoms with Gasteiger partial charge >= 0.3 is 0 Å². The molecule has 0 bridgehead atoms. The van der Waals surface area contributed by atoms with Crippen LogP contribution in [0.25, 0.3) is 0 Å². The Morgan fingerprint density at radius 2 is 1.78 bits per heavy atom. The Kier molecular flexibility index (Phi) is 2.78. The Bertz CT molecular complexity index is 452. The van der Waals surface area contributed by atoms with Gasteiger partial charge in [0, 0.05) is 5.56 Å². The normalized spacial score (nSPS) is 23.2. The third kappa shape index (κ3) is 1.99. The number of nitrogens with two attached hydrogens (primary N) is 1. The van der Waals surface area contributed by atoms with Gasteiger partial charge in [0.15, 0.2) is 5.78 Å². The van der Waals surface area contributed by atoms with Crippen LogP contribution in [-0.4, -0.2) is 11.3 Å². The van der Waals surface area contributed by atoms with E-state index in [1.165, 1.54) is 24.8 Å². The molecular weight excluding hydrogens is 222 g/mol. The van der Waals surface area contributed by atoms with E-state index in [9.17, 15) is 4.79 Å². The lowest BCUT2D eigenvalue weighted by molar-refractivity contribution is 0.0883. The van der Waals surface area contributed by atoms with Crippen LogP contribution in [0.5, 0.6) is 0 Å². The summed E-state index contributed by atoms with van der Waals surface area (Å²) >= 11 is 0. The number of hydrogen-bond acceptors (Lipinski definition) is 2. The number of ketones is 1. The van der Waals surface area contributed by atoms with Gasteiger partial charge in [-0.1, -0.05) is 30.7 Å². The zero-order chi connectivity index (χ0) is 12.8. The summed E-state index contributed by atoms with van der Waals surface area (Å²) in [7, 11) is 0. The Hall–Kier alpha value is -1.15. The number of benzene rings is 1. The Labute approximate surface area is 109 Å². The molecule has 1 atom stereocenters. The van der Waals surface area contributed by atoms with Crippen molar-refractivity contribution in [2.75, 3.05) is 0 Å². The molecule has 0 aliphatic heterocycles. The van der Waals surface area contributed by atoms with Crippen LogP contribution in [0.15, 0.2) is 24.3 Å². The van der Waals surface area contributed by atoms with Crippen molar-refractivity contribution in [3.63, 3.8) is 0 Å². The lowest BCUT2D eigenvalue weighted by atomic mass is 9.79. The molecule has 96 valence electrons. The fraction of sp³-hybridized carbons (Fsp3) is 0.562. The van der Waals surface area contributed by atoms with Gasteiger partial charge in [0.1, 0.15) is 0 Å². The molecule has 2 fully saturated rings. The molecule has 2 aliphatic carbocycles. The standard InChI is InChI=1S/C16H21NO/c1-16(17,14-9-10-14)15(18)13-7-5-12(6-8-13)11-3-2-4-11/h5-8,11,14H,2-4,9-10,17H2,1H3. The molecule has 0 spiro atoms. The van der Waals surface area contributed by atoms with Gasteiger partial charge in [-0.05, 0) is 50.0 Å². The number of hydrogen-bond donors (Lipinski definition) is 1. The highest BCUT2D eigenvalue weighted by molar-refractivity contribution is 6.03. The molecule has 0 amide bonds. The quantitative estimate of drug-likeness (QED) is 0.825. The molecule has 2 aliphatic rings. The monoisotopic (exact) mass is 243 g/mol. The highest BCUT2D eigenvalue weighted by atomic mass is 16.1. The minimum Gasteiger partial charge on any atom is -0.319 e. The summed E-state index contributed by atoms with van der Waals surface area (Å²) in [6.45, 7) is 1.88. The molecule has 18 heavy (non-hydrogen) atoms. The van der Waals surface area contributed by atoms with Gasteiger partial charge in [0.05, 0.1) is 5.54 Å². The van der Waals surface area contributed by atoms with Crippen molar-refractivity contribution in [2.45, 2.75) is 50.5 Å². The first kappa shape index (κ1) is 11.9. The van der Waals surface area contributed by atoms with Gasteiger partial charge < -0.3 is 5.73 Å². The predicted molar refractivity (Wildman–Crippen MR) is 72.7 cm³/mol. The zero-order valence-electron chi connectivity index (χ0n) is 11.0. The summed E-state index contributed by atoms with van der Waals surface area (Å²) in [4.78, 5) is 12.4. The van der Waals surface area contributed by atoms with E-state index in [1.807, 2.05) is 19.1 Å². The summed E-state index contributed by atoms with van der Waals surface area (Å²) in [6, 6.07) is 8.15. The molecule has 2 N–H and O–H groups in total. The molecule has 2 nitrogen and oxygen atoms in total. The first-order valence-electron chi connectivity index (χ1n) is 7.02. The third-order valence-corrected chi connectivity index (χ3v) is 4.66. The van der Waals surface area contributed by atoms with E-state index in [4.69, 9.17) is 5.73 Å². The summed E-state index contributed by atoms with van der Waals surface area (Å²) in [5.41, 5.74) is 7.67. The van der Waals surface area contributed by atoms with Crippen LogP contribution in [0.3, 0.4) is 0 Å². The lowest BCUT2D eigenvalue weighted by Gasteiger charge is -2.26. The largest absolute Gasteiger partial charge is 0.319 e. The van der Waals surface area contributed by atoms with Crippen LogP contribution < -0.4 is 5.73 Å². The van der Waals surface area contributed by atoms with E-state index in [0.29, 0.717) is 5.92 Å². The van der Waals surface area contributed by atoms with E-state index in [0.717, 1.165) is 24.3 Å². The first-order valence-corrected chi connectivity index (χ1v) is 7.02. The summed E-state index contributed by atoms with van der Waals surface area (Å²) < 4.78 is 0. The molecule has 2 heteroatoms. The van der Waals surface area contributed by atoms with E-state index in [-0.39, 0.29) is 5.78 Å². The lowest BCUT2D eigenvalue weighted by Crippen LogP contribution is -2.47. The van der Waals surface area contributed by atoms with Crippen LogP contribution in [0.2, 0.25) is 0 Å². The minimum atomic E-state index is -0.669. The highest BCUT2D eigenvalue weighted by Gasteiger charge is 2.44. The van der Waals surface area contributed by atoms with Crippen molar-refractivity contribution in [2.24, 2.45) is 11.7 Å². The number of carbonyl (C=O) groups excluding carboxylic acids is 1. The maximum Gasteiger partial charge on any atom is 0.182 e. The van der Waals surface area contributed by atoms with E-state index < -0.39 is 5.54 Å². The van der Waals surface area contributed by atoms with Crippen molar-refractivity contribution < 1.29 is 4.79 Å². The van der Waals surface area contributed by atoms with Gasteiger partial charge in [-0.15, -0.1) is 0 Å². The summed E-state index contributed by atoms with van der Waals surface area (Å²) in [5.74, 6) is 1.21. The van der Waals surface area contributed by atoms with Gasteiger partial charge in [-0.25, -0.2) is 0 Å². The van der Waals surface area contributed by atoms with Crippen LogP contribution in [0.4, 0.5) is 0 Å². The molecule has 2 saturated carbocycles. The molecular formula is C16H21NO. The van der Waals surface area contributed by atoms with E-state index in [1.54, 1.807) is 0 Å². The molecule has 1 aromatic rings. The average molecular weight is 243 g/mol. The maximum atomic E-state index is 12.4. The first-order chi connectivity index (χ1) is 8.59. The van der Waals surface area contributed by atoms with Gasteiger partial charge in [-0.2, -0.15) is 0 Å². The topological polar surface area (TPSA) is 43.1 Å². The van der Waals surface area contributed by atoms with Crippen LogP contribution in [0, 0.1) is 5.92 Å². The van der Waals surface area contributed by atoms with Crippen molar-refractivity contribution in [3.8, 4) is 0 Å². The minimum absolute atomic E-state index is 0.102. The van der Waals surface area contributed by atoms with Gasteiger partial charge in [0.25, 0.3) is 0 Å². The molecule has 0 heterocycles. The third-order valence-electron chi connectivity index (χ3n) is 4.66. The second-order valence-corrected chi connectivity index (χ2v) is 6.14. The van der Waals surface area contributed by atoms with Crippen LogP contribution >= 0.6 is 0 Å². The average Bonchev–Trinajstić information content (AvgIpc) is 3.10. The molecule has 3 rings (SSSR count). The smallest absolute Gasteiger partial charge is 0.182 e. The second-order valence-electron chi connectivity index (χ2n) is 6.14. The van der Waals surface area contributed by atoms with Gasteiger partial charge in [0.2, 0.25) is 0 Å². The molecule has 0 aromatic heterocycles. The van der Waals surface area contributed by atoms with Crippen LogP contribution in [-0.2, 0) is 0 Å².